The van der Waals surface area contributed by atoms with Gasteiger partial charge in [0.1, 0.15) is 0 Å². The summed E-state index contributed by atoms with van der Waals surface area (Å²) in [5.41, 5.74) is 0.878. The Hall–Kier alpha value is -1.66. The van der Waals surface area contributed by atoms with Gasteiger partial charge in [-0.1, -0.05) is 37.3 Å². The second kappa shape index (κ2) is 6.67. The molecule has 0 fully saturated rings. The zero-order valence-electron chi connectivity index (χ0n) is 11.6. The minimum Gasteiger partial charge on any atom is -0.393 e. The first kappa shape index (κ1) is 14.7. The molecule has 0 radical (unpaired) electrons. The third kappa shape index (κ3) is 3.91. The predicted octanol–water partition coefficient (Wildman–Crippen LogP) is 2.82. The van der Waals surface area contributed by atoms with Gasteiger partial charge in [0.2, 0.25) is 0 Å². The molecule has 1 aromatic carbocycles. The number of aliphatic hydroxyl groups excluding tert-OH is 1. The van der Waals surface area contributed by atoms with Crippen LogP contribution in [0.3, 0.4) is 0 Å². The highest BCUT2D eigenvalue weighted by Gasteiger charge is 2.10. The Bertz CT molecular complexity index is 550. The van der Waals surface area contributed by atoms with Crippen molar-refractivity contribution in [3.63, 3.8) is 0 Å². The van der Waals surface area contributed by atoms with Crippen LogP contribution in [-0.4, -0.2) is 28.8 Å². The summed E-state index contributed by atoms with van der Waals surface area (Å²) >= 11 is 1.44. The molecule has 0 saturated heterocycles. The zero-order valence-corrected chi connectivity index (χ0v) is 12.4. The first-order valence-corrected chi connectivity index (χ1v) is 7.46. The number of carbonyl (C=O) groups is 1. The van der Waals surface area contributed by atoms with E-state index >= 15 is 0 Å². The Morgan fingerprint density at radius 3 is 2.85 bits per heavy atom. The molecule has 1 atom stereocenters. The van der Waals surface area contributed by atoms with Crippen molar-refractivity contribution in [2.45, 2.75) is 26.4 Å². The Morgan fingerprint density at radius 2 is 2.15 bits per heavy atom. The first-order valence-electron chi connectivity index (χ1n) is 6.64. The van der Waals surface area contributed by atoms with Gasteiger partial charge in [-0.15, -0.1) is 0 Å². The number of hydrogen-bond acceptors (Lipinski definition) is 4. The SMILES string of the molecule is CC(C)C(O)CCNC(=O)Nc1nc2ccccc2s1. The van der Waals surface area contributed by atoms with E-state index in [0.29, 0.717) is 18.1 Å². The molecule has 2 aromatic rings. The average Bonchev–Trinajstić information content (AvgIpc) is 2.80. The summed E-state index contributed by atoms with van der Waals surface area (Å²) in [7, 11) is 0. The van der Waals surface area contributed by atoms with Gasteiger partial charge in [-0.3, -0.25) is 5.32 Å². The zero-order chi connectivity index (χ0) is 14.5. The standard InChI is InChI=1S/C14H19N3O2S/c1-9(2)11(18)7-8-15-13(19)17-14-16-10-5-3-4-6-12(10)20-14/h3-6,9,11,18H,7-8H2,1-2H3,(H2,15,16,17,19). The number of benzene rings is 1. The maximum Gasteiger partial charge on any atom is 0.321 e. The largest absolute Gasteiger partial charge is 0.393 e. The highest BCUT2D eigenvalue weighted by atomic mass is 32.1. The molecule has 1 aromatic heterocycles. The molecule has 0 aliphatic rings. The van der Waals surface area contributed by atoms with Crippen LogP contribution in [0.5, 0.6) is 0 Å². The number of carbonyl (C=O) groups excluding carboxylic acids is 1. The van der Waals surface area contributed by atoms with Gasteiger partial charge < -0.3 is 10.4 Å². The van der Waals surface area contributed by atoms with Crippen LogP contribution in [-0.2, 0) is 0 Å². The fourth-order valence-corrected chi connectivity index (χ4v) is 2.59. The molecule has 0 spiro atoms. The summed E-state index contributed by atoms with van der Waals surface area (Å²) in [6.45, 7) is 4.34. The van der Waals surface area contributed by atoms with Crippen LogP contribution < -0.4 is 10.6 Å². The van der Waals surface area contributed by atoms with Gasteiger partial charge in [-0.05, 0) is 24.5 Å². The van der Waals surface area contributed by atoms with Crippen LogP contribution in [0.25, 0.3) is 10.2 Å². The quantitative estimate of drug-likeness (QED) is 0.793. The monoisotopic (exact) mass is 293 g/mol. The van der Waals surface area contributed by atoms with E-state index in [1.165, 1.54) is 11.3 Å². The van der Waals surface area contributed by atoms with Crippen LogP contribution in [0.2, 0.25) is 0 Å². The van der Waals surface area contributed by atoms with E-state index in [-0.39, 0.29) is 11.9 Å². The Kier molecular flexibility index (Phi) is 4.92. The molecular formula is C14H19N3O2S. The number of aliphatic hydroxyl groups is 1. The normalized spacial score (nSPS) is 12.6. The van der Waals surface area contributed by atoms with Crippen molar-refractivity contribution in [3.8, 4) is 0 Å². The van der Waals surface area contributed by atoms with E-state index in [0.717, 1.165) is 10.2 Å². The van der Waals surface area contributed by atoms with E-state index in [4.69, 9.17) is 0 Å². The molecule has 6 heteroatoms. The van der Waals surface area contributed by atoms with Crippen molar-refractivity contribution in [2.24, 2.45) is 5.92 Å². The second-order valence-electron chi connectivity index (χ2n) is 4.97. The summed E-state index contributed by atoms with van der Waals surface area (Å²) in [4.78, 5) is 16.0. The van der Waals surface area contributed by atoms with Gasteiger partial charge in [-0.2, -0.15) is 0 Å². The summed E-state index contributed by atoms with van der Waals surface area (Å²) < 4.78 is 1.04. The minimum absolute atomic E-state index is 0.198. The fourth-order valence-electron chi connectivity index (χ4n) is 1.73. The Balaban J connectivity index is 1.82. The molecule has 2 rings (SSSR count). The lowest BCUT2D eigenvalue weighted by Gasteiger charge is -2.14. The number of rotatable bonds is 5. The first-order chi connectivity index (χ1) is 9.56. The van der Waals surface area contributed by atoms with Gasteiger partial charge >= 0.3 is 6.03 Å². The maximum atomic E-state index is 11.7. The molecule has 0 aliphatic carbocycles. The highest BCUT2D eigenvalue weighted by Crippen LogP contribution is 2.25. The smallest absolute Gasteiger partial charge is 0.321 e. The van der Waals surface area contributed by atoms with E-state index in [9.17, 15) is 9.90 Å². The number of nitrogens with zero attached hydrogens (tertiary/aromatic N) is 1. The van der Waals surface area contributed by atoms with E-state index in [1.54, 1.807) is 0 Å². The molecule has 3 N–H and O–H groups in total. The summed E-state index contributed by atoms with van der Waals surface area (Å²) in [6, 6.07) is 7.44. The Labute approximate surface area is 122 Å². The van der Waals surface area contributed by atoms with Crippen molar-refractivity contribution in [2.75, 3.05) is 11.9 Å². The molecule has 20 heavy (non-hydrogen) atoms. The van der Waals surface area contributed by atoms with Crippen LogP contribution in [0.4, 0.5) is 9.93 Å². The van der Waals surface area contributed by atoms with Gasteiger partial charge in [0.25, 0.3) is 0 Å². The number of anilines is 1. The van der Waals surface area contributed by atoms with Crippen LogP contribution in [0.15, 0.2) is 24.3 Å². The number of amides is 2. The van der Waals surface area contributed by atoms with Crippen LogP contribution >= 0.6 is 11.3 Å². The fraction of sp³-hybridized carbons (Fsp3) is 0.429. The molecule has 108 valence electrons. The van der Waals surface area contributed by atoms with Crippen molar-refractivity contribution in [3.05, 3.63) is 24.3 Å². The number of hydrogen-bond donors (Lipinski definition) is 3. The molecule has 0 saturated carbocycles. The minimum atomic E-state index is -0.391. The number of thiazole rings is 1. The van der Waals surface area contributed by atoms with Crippen molar-refractivity contribution in [1.29, 1.82) is 0 Å². The molecule has 0 bridgehead atoms. The third-order valence-electron chi connectivity index (χ3n) is 3.01. The lowest BCUT2D eigenvalue weighted by atomic mass is 10.0. The molecule has 2 amide bonds. The van der Waals surface area contributed by atoms with E-state index in [1.807, 2.05) is 38.1 Å². The lowest BCUT2D eigenvalue weighted by Crippen LogP contribution is -2.32. The lowest BCUT2D eigenvalue weighted by molar-refractivity contribution is 0.117. The average molecular weight is 293 g/mol. The predicted molar refractivity (Wildman–Crippen MR) is 82.1 cm³/mol. The number of nitrogens with one attached hydrogen (secondary N) is 2. The molecule has 0 aliphatic heterocycles. The summed E-state index contributed by atoms with van der Waals surface area (Å²) in [5, 5.41) is 15.6. The molecule has 5 nitrogen and oxygen atoms in total. The summed E-state index contributed by atoms with van der Waals surface area (Å²) in [5.74, 6) is 0.198. The third-order valence-corrected chi connectivity index (χ3v) is 3.96. The molecular weight excluding hydrogens is 274 g/mol. The number of aromatic nitrogens is 1. The topological polar surface area (TPSA) is 74.2 Å². The number of fused-ring (bicyclic) bond motifs is 1. The number of urea groups is 1. The molecule has 1 heterocycles. The van der Waals surface area contributed by atoms with Crippen molar-refractivity contribution < 1.29 is 9.90 Å². The van der Waals surface area contributed by atoms with Crippen molar-refractivity contribution >= 4 is 32.7 Å². The summed E-state index contributed by atoms with van der Waals surface area (Å²) in [6.07, 6.45) is 0.156. The van der Waals surface area contributed by atoms with Gasteiger partial charge in [-0.25, -0.2) is 9.78 Å². The maximum absolute atomic E-state index is 11.7. The number of para-hydroxylation sites is 1. The second-order valence-corrected chi connectivity index (χ2v) is 6.00. The highest BCUT2D eigenvalue weighted by molar-refractivity contribution is 7.22. The van der Waals surface area contributed by atoms with Crippen LogP contribution in [0, 0.1) is 5.92 Å². The van der Waals surface area contributed by atoms with Gasteiger partial charge in [0.05, 0.1) is 16.3 Å². The van der Waals surface area contributed by atoms with Gasteiger partial charge in [0.15, 0.2) is 5.13 Å². The van der Waals surface area contributed by atoms with Crippen molar-refractivity contribution in [1.82, 2.24) is 10.3 Å². The van der Waals surface area contributed by atoms with E-state index in [2.05, 4.69) is 15.6 Å². The Morgan fingerprint density at radius 1 is 1.40 bits per heavy atom. The van der Waals surface area contributed by atoms with Crippen LogP contribution in [0.1, 0.15) is 20.3 Å². The van der Waals surface area contributed by atoms with E-state index < -0.39 is 6.10 Å². The molecule has 1 unspecified atom stereocenters. The van der Waals surface area contributed by atoms with Gasteiger partial charge in [0, 0.05) is 6.54 Å².